The minimum absolute atomic E-state index is 0.169. The van der Waals surface area contributed by atoms with Gasteiger partial charge in [0.15, 0.2) is 0 Å². The van der Waals surface area contributed by atoms with Crippen LogP contribution in [-0.4, -0.2) is 57.0 Å². The number of aromatic hydroxyl groups is 1. The summed E-state index contributed by atoms with van der Waals surface area (Å²) in [5.41, 5.74) is 3.59. The lowest BCUT2D eigenvalue weighted by Crippen LogP contribution is -2.46. The number of halogens is 1. The van der Waals surface area contributed by atoms with Gasteiger partial charge in [0.05, 0.1) is 28.1 Å². The van der Waals surface area contributed by atoms with Crippen molar-refractivity contribution in [1.29, 1.82) is 0 Å². The molecule has 1 saturated heterocycles. The van der Waals surface area contributed by atoms with Crippen molar-refractivity contribution in [2.75, 3.05) is 36.0 Å². The zero-order valence-corrected chi connectivity index (χ0v) is 24.5. The number of piperazine rings is 1. The molecule has 0 bridgehead atoms. The highest BCUT2D eigenvalue weighted by Crippen LogP contribution is 2.34. The van der Waals surface area contributed by atoms with Crippen molar-refractivity contribution in [2.24, 2.45) is 4.99 Å². The molecule has 0 aliphatic carbocycles. The van der Waals surface area contributed by atoms with Crippen LogP contribution in [-0.2, 0) is 0 Å². The molecule has 4 N–H and O–H groups in total. The summed E-state index contributed by atoms with van der Waals surface area (Å²) in [5, 5.41) is 11.2. The number of fused-ring (bicyclic) bond motifs is 1. The SMILES string of the molecule is Cc1cc(-n2c(O)c(C=Nc3cc4[nH]c(=O)[nH]c4cc3N3CCN(c4ccccc4)CC3)c(=O)[nH]c2=O)c(C)cc1Br. The third-order valence-electron chi connectivity index (χ3n) is 7.52. The van der Waals surface area contributed by atoms with Gasteiger partial charge in [-0.05, 0) is 61.4 Å². The Kier molecular flexibility index (Phi) is 7.07. The first kappa shape index (κ1) is 27.3. The van der Waals surface area contributed by atoms with Crippen LogP contribution in [0.3, 0.4) is 0 Å². The van der Waals surface area contributed by atoms with Crippen LogP contribution in [0.4, 0.5) is 17.1 Å². The summed E-state index contributed by atoms with van der Waals surface area (Å²) >= 11 is 3.48. The van der Waals surface area contributed by atoms with Gasteiger partial charge >= 0.3 is 11.4 Å². The lowest BCUT2D eigenvalue weighted by atomic mass is 10.1. The molecule has 5 aromatic rings. The third kappa shape index (κ3) is 5.05. The van der Waals surface area contributed by atoms with E-state index in [0.29, 0.717) is 35.5 Å². The molecule has 42 heavy (non-hydrogen) atoms. The molecular weight excluding hydrogens is 602 g/mol. The van der Waals surface area contributed by atoms with Crippen LogP contribution < -0.4 is 26.7 Å². The van der Waals surface area contributed by atoms with Crippen LogP contribution in [0.1, 0.15) is 16.7 Å². The summed E-state index contributed by atoms with van der Waals surface area (Å²) < 4.78 is 1.92. The summed E-state index contributed by atoms with van der Waals surface area (Å²) in [4.78, 5) is 54.7. The van der Waals surface area contributed by atoms with Gasteiger partial charge in [-0.15, -0.1) is 0 Å². The molecule has 214 valence electrons. The Balaban J connectivity index is 1.40. The summed E-state index contributed by atoms with van der Waals surface area (Å²) in [6.07, 6.45) is 1.25. The summed E-state index contributed by atoms with van der Waals surface area (Å²) in [5.74, 6) is -0.522. The van der Waals surface area contributed by atoms with Crippen molar-refractivity contribution in [1.82, 2.24) is 19.5 Å². The fraction of sp³-hybridized carbons (Fsp3) is 0.200. The first-order valence-electron chi connectivity index (χ1n) is 13.4. The van der Waals surface area contributed by atoms with E-state index in [4.69, 9.17) is 0 Å². The highest BCUT2D eigenvalue weighted by atomic mass is 79.9. The summed E-state index contributed by atoms with van der Waals surface area (Å²) in [7, 11) is 0. The van der Waals surface area contributed by atoms with Crippen LogP contribution in [0.25, 0.3) is 16.7 Å². The number of aromatic amines is 3. The standard InChI is InChI=1S/C30H28BrN7O4/c1-17-13-25(18(2)12-21(17)31)38-28(40)20(27(39)35-30(38)42)16-32-24-14-22-23(34-29(41)33-22)15-26(24)37-10-8-36(9-11-37)19-6-4-3-5-7-19/h3-7,12-16,40H,8-11H2,1-2H3,(H2,33,34,41)(H,35,39,42). The number of nitrogens with zero attached hydrogens (tertiary/aromatic N) is 4. The molecule has 0 radical (unpaired) electrons. The fourth-order valence-electron chi connectivity index (χ4n) is 5.28. The molecule has 1 aliphatic heterocycles. The van der Waals surface area contributed by atoms with E-state index in [2.05, 4.69) is 57.8 Å². The molecule has 0 amide bonds. The highest BCUT2D eigenvalue weighted by Gasteiger charge is 2.21. The molecule has 2 aromatic heterocycles. The largest absolute Gasteiger partial charge is 0.493 e. The molecule has 0 spiro atoms. The average Bonchev–Trinajstić information content (AvgIpc) is 3.34. The number of anilines is 2. The van der Waals surface area contributed by atoms with E-state index < -0.39 is 17.1 Å². The minimum atomic E-state index is -0.766. The van der Waals surface area contributed by atoms with E-state index in [1.54, 1.807) is 19.1 Å². The van der Waals surface area contributed by atoms with Crippen LogP contribution in [0, 0.1) is 13.8 Å². The number of rotatable bonds is 5. The monoisotopic (exact) mass is 629 g/mol. The van der Waals surface area contributed by atoms with E-state index in [0.717, 1.165) is 44.6 Å². The van der Waals surface area contributed by atoms with E-state index in [1.165, 1.54) is 6.21 Å². The molecule has 0 saturated carbocycles. The smallest absolute Gasteiger partial charge is 0.335 e. The first-order chi connectivity index (χ1) is 20.2. The molecule has 3 heterocycles. The lowest BCUT2D eigenvalue weighted by Gasteiger charge is -2.37. The third-order valence-corrected chi connectivity index (χ3v) is 8.38. The number of hydrogen-bond donors (Lipinski definition) is 4. The van der Waals surface area contributed by atoms with Crippen LogP contribution in [0.2, 0.25) is 0 Å². The van der Waals surface area contributed by atoms with Gasteiger partial charge in [-0.2, -0.15) is 0 Å². The molecular formula is C30H28BrN7O4. The average molecular weight is 631 g/mol. The molecule has 6 rings (SSSR count). The maximum atomic E-state index is 12.8. The van der Waals surface area contributed by atoms with Crippen molar-refractivity contribution in [3.63, 3.8) is 0 Å². The molecule has 12 heteroatoms. The van der Waals surface area contributed by atoms with Crippen molar-refractivity contribution in [3.05, 3.63) is 107 Å². The maximum absolute atomic E-state index is 12.8. The highest BCUT2D eigenvalue weighted by molar-refractivity contribution is 9.10. The summed E-state index contributed by atoms with van der Waals surface area (Å²) in [6.45, 7) is 6.65. The Morgan fingerprint density at radius 1 is 0.833 bits per heavy atom. The van der Waals surface area contributed by atoms with E-state index in [-0.39, 0.29) is 11.3 Å². The number of para-hydroxylation sites is 1. The quantitative estimate of drug-likeness (QED) is 0.218. The number of imidazole rings is 1. The molecule has 3 aromatic carbocycles. The van der Waals surface area contributed by atoms with Gasteiger partial charge in [0.2, 0.25) is 5.88 Å². The van der Waals surface area contributed by atoms with Crippen molar-refractivity contribution < 1.29 is 5.11 Å². The normalized spacial score (nSPS) is 13.9. The zero-order chi connectivity index (χ0) is 29.5. The van der Waals surface area contributed by atoms with Gasteiger partial charge in [0.25, 0.3) is 5.56 Å². The number of nitrogens with one attached hydrogen (secondary N) is 3. The minimum Gasteiger partial charge on any atom is -0.493 e. The number of benzene rings is 3. The Labute approximate surface area is 247 Å². The Morgan fingerprint density at radius 2 is 1.50 bits per heavy atom. The second-order valence-electron chi connectivity index (χ2n) is 10.3. The predicted octanol–water partition coefficient (Wildman–Crippen LogP) is 3.86. The molecule has 0 atom stereocenters. The Hall–Kier alpha value is -4.84. The van der Waals surface area contributed by atoms with Gasteiger partial charge in [-0.3, -0.25) is 14.8 Å². The maximum Gasteiger partial charge on any atom is 0.335 e. The zero-order valence-electron chi connectivity index (χ0n) is 22.9. The van der Waals surface area contributed by atoms with Gasteiger partial charge in [0, 0.05) is 42.6 Å². The molecule has 0 unspecified atom stereocenters. The Bertz CT molecular complexity index is 2020. The van der Waals surface area contributed by atoms with Gasteiger partial charge in [-0.1, -0.05) is 34.1 Å². The lowest BCUT2D eigenvalue weighted by molar-refractivity contribution is 0.430. The number of hydrogen-bond acceptors (Lipinski definition) is 7. The Morgan fingerprint density at radius 3 is 2.21 bits per heavy atom. The number of H-pyrrole nitrogens is 3. The molecule has 11 nitrogen and oxygen atoms in total. The van der Waals surface area contributed by atoms with E-state index in [9.17, 15) is 19.5 Å². The van der Waals surface area contributed by atoms with E-state index >= 15 is 0 Å². The number of aromatic nitrogens is 4. The molecule has 1 fully saturated rings. The van der Waals surface area contributed by atoms with Crippen molar-refractivity contribution in [2.45, 2.75) is 13.8 Å². The first-order valence-corrected chi connectivity index (χ1v) is 14.2. The number of aliphatic imine (C=N–C) groups is 1. The van der Waals surface area contributed by atoms with Gasteiger partial charge in [0.1, 0.15) is 5.56 Å². The van der Waals surface area contributed by atoms with E-state index in [1.807, 2.05) is 37.3 Å². The van der Waals surface area contributed by atoms with Crippen molar-refractivity contribution in [3.8, 4) is 11.6 Å². The van der Waals surface area contributed by atoms with Gasteiger partial charge < -0.3 is 24.9 Å². The van der Waals surface area contributed by atoms with Gasteiger partial charge in [-0.25, -0.2) is 14.2 Å². The van der Waals surface area contributed by atoms with Crippen LogP contribution >= 0.6 is 15.9 Å². The van der Waals surface area contributed by atoms with Crippen LogP contribution in [0.5, 0.6) is 5.88 Å². The topological polar surface area (TPSA) is 143 Å². The van der Waals surface area contributed by atoms with Crippen LogP contribution in [0.15, 0.2) is 78.4 Å². The number of aryl methyl sites for hydroxylation is 2. The summed E-state index contributed by atoms with van der Waals surface area (Å²) in [6, 6.07) is 17.4. The fourth-order valence-corrected chi connectivity index (χ4v) is 5.74. The predicted molar refractivity (Wildman–Crippen MR) is 169 cm³/mol. The van der Waals surface area contributed by atoms with Crippen molar-refractivity contribution >= 4 is 50.2 Å². The second-order valence-corrected chi connectivity index (χ2v) is 11.1. The second kappa shape index (κ2) is 10.9. The molecule has 1 aliphatic rings.